The van der Waals surface area contributed by atoms with E-state index < -0.39 is 11.8 Å². The van der Waals surface area contributed by atoms with Gasteiger partial charge in [-0.3, -0.25) is 9.59 Å². The van der Waals surface area contributed by atoms with Crippen molar-refractivity contribution in [3.8, 4) is 11.5 Å². The molecule has 0 fully saturated rings. The first-order chi connectivity index (χ1) is 17.0. The molecular formula is C27H28ClN3O4. The third-order valence-electron chi connectivity index (χ3n) is 5.30. The van der Waals surface area contributed by atoms with Crippen LogP contribution in [-0.4, -0.2) is 25.1 Å². The highest BCUT2D eigenvalue weighted by Gasteiger charge is 2.17. The fourth-order valence-corrected chi connectivity index (χ4v) is 3.75. The van der Waals surface area contributed by atoms with Crippen molar-refractivity contribution in [1.82, 2.24) is 5.43 Å². The van der Waals surface area contributed by atoms with Gasteiger partial charge >= 0.3 is 11.8 Å². The van der Waals surface area contributed by atoms with Crippen LogP contribution in [0.3, 0.4) is 0 Å². The van der Waals surface area contributed by atoms with Crippen LogP contribution in [0.15, 0.2) is 65.8 Å². The highest BCUT2D eigenvalue weighted by atomic mass is 35.5. The Hall–Kier alpha value is -3.84. The van der Waals surface area contributed by atoms with Gasteiger partial charge in [-0.2, -0.15) is 5.10 Å². The van der Waals surface area contributed by atoms with Crippen LogP contribution in [0.2, 0.25) is 5.02 Å². The number of hydrogen-bond acceptors (Lipinski definition) is 5. The Morgan fingerprint density at radius 1 is 0.971 bits per heavy atom. The first kappa shape index (κ1) is 25.8. The van der Waals surface area contributed by atoms with Crippen LogP contribution in [0, 0.1) is 0 Å². The number of carbonyl (C=O) groups excluding carboxylic acids is 2. The van der Waals surface area contributed by atoms with E-state index in [1.807, 2.05) is 62.4 Å². The third kappa shape index (κ3) is 6.83. The summed E-state index contributed by atoms with van der Waals surface area (Å²) in [5.74, 6) is -0.852. The molecule has 0 heterocycles. The monoisotopic (exact) mass is 493 g/mol. The smallest absolute Gasteiger partial charge is 0.329 e. The van der Waals surface area contributed by atoms with E-state index in [9.17, 15) is 9.59 Å². The zero-order valence-corrected chi connectivity index (χ0v) is 20.7. The zero-order chi connectivity index (χ0) is 25.2. The predicted molar refractivity (Wildman–Crippen MR) is 138 cm³/mol. The summed E-state index contributed by atoms with van der Waals surface area (Å²) in [7, 11) is 1.51. The first-order valence-corrected chi connectivity index (χ1v) is 11.6. The van der Waals surface area contributed by atoms with Crippen LogP contribution in [-0.2, 0) is 29.0 Å². The van der Waals surface area contributed by atoms with Crippen LogP contribution >= 0.6 is 11.6 Å². The number of nitrogens with zero attached hydrogens (tertiary/aromatic N) is 1. The Bertz CT molecular complexity index is 1190. The number of rotatable bonds is 9. The van der Waals surface area contributed by atoms with Gasteiger partial charge < -0.3 is 14.8 Å². The maximum atomic E-state index is 12.4. The topological polar surface area (TPSA) is 89.0 Å². The Morgan fingerprint density at radius 3 is 2.29 bits per heavy atom. The van der Waals surface area contributed by atoms with Crippen molar-refractivity contribution < 1.29 is 19.1 Å². The molecule has 3 rings (SSSR count). The second kappa shape index (κ2) is 12.6. The fraction of sp³-hybridized carbons (Fsp3) is 0.222. The average molecular weight is 494 g/mol. The number of amides is 2. The van der Waals surface area contributed by atoms with Crippen LogP contribution < -0.4 is 20.2 Å². The number of halogens is 1. The lowest BCUT2D eigenvalue weighted by Crippen LogP contribution is -2.33. The van der Waals surface area contributed by atoms with Gasteiger partial charge in [-0.1, -0.05) is 74.0 Å². The third-order valence-corrected chi connectivity index (χ3v) is 5.58. The highest BCUT2D eigenvalue weighted by molar-refractivity contribution is 6.39. The molecule has 0 unspecified atom stereocenters. The van der Waals surface area contributed by atoms with E-state index in [1.54, 1.807) is 12.1 Å². The minimum Gasteiger partial charge on any atom is -0.493 e. The molecule has 0 aliphatic rings. The molecule has 0 spiro atoms. The van der Waals surface area contributed by atoms with Crippen molar-refractivity contribution in [2.45, 2.75) is 33.3 Å². The summed E-state index contributed by atoms with van der Waals surface area (Å²) >= 11 is 6.40. The molecule has 182 valence electrons. The number of para-hydroxylation sites is 1. The molecule has 0 saturated heterocycles. The Kier molecular flexibility index (Phi) is 9.26. The molecule has 8 heteroatoms. The minimum atomic E-state index is -0.880. The van der Waals surface area contributed by atoms with Crippen LogP contribution in [0.4, 0.5) is 5.69 Å². The lowest BCUT2D eigenvalue weighted by molar-refractivity contribution is -0.136. The van der Waals surface area contributed by atoms with Gasteiger partial charge in [-0.25, -0.2) is 5.43 Å². The number of methoxy groups -OCH3 is 1. The maximum absolute atomic E-state index is 12.4. The molecule has 0 aliphatic heterocycles. The van der Waals surface area contributed by atoms with E-state index in [4.69, 9.17) is 21.1 Å². The first-order valence-electron chi connectivity index (χ1n) is 11.3. The summed E-state index contributed by atoms with van der Waals surface area (Å²) in [6, 6.07) is 18.8. The molecule has 0 bridgehead atoms. The van der Waals surface area contributed by atoms with E-state index in [0.29, 0.717) is 34.4 Å². The molecular weight excluding hydrogens is 466 g/mol. The van der Waals surface area contributed by atoms with Crippen LogP contribution in [0.5, 0.6) is 11.5 Å². The molecule has 0 atom stereocenters. The molecule has 0 aromatic heterocycles. The van der Waals surface area contributed by atoms with Crippen molar-refractivity contribution in [2.24, 2.45) is 5.10 Å². The summed E-state index contributed by atoms with van der Waals surface area (Å²) in [5.41, 5.74) is 6.39. The highest BCUT2D eigenvalue weighted by Crippen LogP contribution is 2.36. The zero-order valence-electron chi connectivity index (χ0n) is 19.9. The molecule has 0 saturated carbocycles. The number of anilines is 1. The number of aryl methyl sites for hydroxylation is 2. The molecule has 0 aliphatic carbocycles. The summed E-state index contributed by atoms with van der Waals surface area (Å²) in [4.78, 5) is 24.7. The van der Waals surface area contributed by atoms with Gasteiger partial charge in [0.25, 0.3) is 0 Å². The Balaban J connectivity index is 1.65. The SMILES string of the molecule is CCc1cccc(CC)c1NC(=O)C(=O)N/N=C\c1cc(Cl)c(OCc2ccccc2)c(OC)c1. The van der Waals surface area contributed by atoms with Crippen molar-refractivity contribution in [1.29, 1.82) is 0 Å². The normalized spacial score (nSPS) is 10.7. The van der Waals surface area contributed by atoms with E-state index >= 15 is 0 Å². The number of carbonyl (C=O) groups is 2. The Morgan fingerprint density at radius 2 is 1.66 bits per heavy atom. The quantitative estimate of drug-likeness (QED) is 0.245. The van der Waals surface area contributed by atoms with Crippen LogP contribution in [0.1, 0.15) is 36.1 Å². The summed E-state index contributed by atoms with van der Waals surface area (Å²) in [6.45, 7) is 4.31. The van der Waals surface area contributed by atoms with Gasteiger partial charge in [0.05, 0.1) is 18.3 Å². The van der Waals surface area contributed by atoms with E-state index in [0.717, 1.165) is 29.5 Å². The number of hydrazone groups is 1. The van der Waals surface area contributed by atoms with Gasteiger partial charge in [-0.15, -0.1) is 0 Å². The largest absolute Gasteiger partial charge is 0.493 e. The lowest BCUT2D eigenvalue weighted by atomic mass is 10.0. The number of hydrogen-bond donors (Lipinski definition) is 2. The van der Waals surface area contributed by atoms with E-state index in [1.165, 1.54) is 13.3 Å². The molecule has 2 N–H and O–H groups in total. The van der Waals surface area contributed by atoms with Crippen molar-refractivity contribution in [3.05, 3.63) is 87.9 Å². The fourth-order valence-electron chi connectivity index (χ4n) is 3.47. The number of benzene rings is 3. The van der Waals surface area contributed by atoms with E-state index in [-0.39, 0.29) is 0 Å². The van der Waals surface area contributed by atoms with Gasteiger partial charge in [-0.05, 0) is 47.2 Å². The number of nitrogens with one attached hydrogen (secondary N) is 2. The molecule has 3 aromatic rings. The molecule has 7 nitrogen and oxygen atoms in total. The molecule has 3 aromatic carbocycles. The Labute approximate surface area is 210 Å². The average Bonchev–Trinajstić information content (AvgIpc) is 2.88. The standard InChI is InChI=1S/C27H28ClN3O4/c1-4-20-12-9-13-21(5-2)24(20)30-26(32)27(33)31-29-16-19-14-22(28)25(23(15-19)34-3)35-17-18-10-7-6-8-11-18/h6-16H,4-5,17H2,1-3H3,(H,30,32)(H,31,33)/b29-16-. The maximum Gasteiger partial charge on any atom is 0.329 e. The van der Waals surface area contributed by atoms with Crippen LogP contribution in [0.25, 0.3) is 0 Å². The second-order valence-electron chi connectivity index (χ2n) is 7.62. The summed E-state index contributed by atoms with van der Waals surface area (Å²) in [5, 5.41) is 6.93. The second-order valence-corrected chi connectivity index (χ2v) is 8.03. The van der Waals surface area contributed by atoms with Gasteiger partial charge in [0.2, 0.25) is 0 Å². The van der Waals surface area contributed by atoms with Gasteiger partial charge in [0.15, 0.2) is 11.5 Å². The van der Waals surface area contributed by atoms with Crippen molar-refractivity contribution >= 4 is 35.3 Å². The molecule has 2 amide bonds. The molecule has 0 radical (unpaired) electrons. The van der Waals surface area contributed by atoms with Gasteiger partial charge in [0, 0.05) is 5.69 Å². The lowest BCUT2D eigenvalue weighted by Gasteiger charge is -2.14. The summed E-state index contributed by atoms with van der Waals surface area (Å²) < 4.78 is 11.3. The van der Waals surface area contributed by atoms with Crippen molar-refractivity contribution in [2.75, 3.05) is 12.4 Å². The van der Waals surface area contributed by atoms with Gasteiger partial charge in [0.1, 0.15) is 6.61 Å². The predicted octanol–water partition coefficient (Wildman–Crippen LogP) is 5.14. The van der Waals surface area contributed by atoms with Crippen molar-refractivity contribution in [3.63, 3.8) is 0 Å². The van der Waals surface area contributed by atoms with E-state index in [2.05, 4.69) is 15.8 Å². The number of ether oxygens (including phenoxy) is 2. The summed E-state index contributed by atoms with van der Waals surface area (Å²) in [6.07, 6.45) is 2.84. The minimum absolute atomic E-state index is 0.328. The molecule has 35 heavy (non-hydrogen) atoms.